The van der Waals surface area contributed by atoms with Gasteiger partial charge in [0.2, 0.25) is 10.0 Å². The summed E-state index contributed by atoms with van der Waals surface area (Å²) in [5, 5.41) is 0.660. The molecule has 1 amide bonds. The number of sulfonamides is 1. The van der Waals surface area contributed by atoms with Gasteiger partial charge in [0.15, 0.2) is 5.13 Å². The van der Waals surface area contributed by atoms with Crippen LogP contribution in [0.25, 0.3) is 10.2 Å². The van der Waals surface area contributed by atoms with E-state index >= 15 is 0 Å². The lowest BCUT2D eigenvalue weighted by atomic mass is 9.94. The number of aromatic nitrogens is 1. The van der Waals surface area contributed by atoms with Gasteiger partial charge < -0.3 is 4.90 Å². The summed E-state index contributed by atoms with van der Waals surface area (Å²) < 4.78 is 29.2. The molecule has 1 aliphatic heterocycles. The highest BCUT2D eigenvalue weighted by Crippen LogP contribution is 2.31. The molecule has 194 valence electrons. The Morgan fingerprint density at radius 1 is 1.06 bits per heavy atom. The Bertz CT molecular complexity index is 1310. The lowest BCUT2D eigenvalue weighted by Crippen LogP contribution is -2.42. The van der Waals surface area contributed by atoms with Crippen LogP contribution in [0.2, 0.25) is 0 Å². The summed E-state index contributed by atoms with van der Waals surface area (Å²) in [6, 6.07) is 12.5. The van der Waals surface area contributed by atoms with Crippen molar-refractivity contribution >= 4 is 42.6 Å². The molecular formula is C27H36N4O3S2. The summed E-state index contributed by atoms with van der Waals surface area (Å²) in [4.78, 5) is 22.4. The SMILES string of the molecule is Cc1ccc2nc(N(CCCN(C)C)C(=O)c3ccc(S(=O)(=O)N4CC(C)CC(C)C4)cc3)sc2c1. The van der Waals surface area contributed by atoms with Crippen LogP contribution in [-0.4, -0.2) is 68.8 Å². The first kappa shape index (κ1) is 26.7. The number of nitrogens with zero attached hydrogens (tertiary/aromatic N) is 4. The zero-order valence-corrected chi connectivity index (χ0v) is 23.4. The topological polar surface area (TPSA) is 73.8 Å². The lowest BCUT2D eigenvalue weighted by Gasteiger charge is -2.34. The minimum absolute atomic E-state index is 0.173. The van der Waals surface area contributed by atoms with Gasteiger partial charge in [0, 0.05) is 25.2 Å². The maximum atomic E-state index is 13.6. The van der Waals surface area contributed by atoms with Crippen LogP contribution in [0.4, 0.5) is 5.13 Å². The van der Waals surface area contributed by atoms with Crippen molar-refractivity contribution in [3.8, 4) is 0 Å². The molecule has 1 saturated heterocycles. The largest absolute Gasteiger partial charge is 0.309 e. The van der Waals surface area contributed by atoms with Gasteiger partial charge in [0.05, 0.1) is 15.1 Å². The molecule has 0 saturated carbocycles. The summed E-state index contributed by atoms with van der Waals surface area (Å²) in [5.74, 6) is 0.490. The molecule has 9 heteroatoms. The third kappa shape index (κ3) is 5.96. The number of fused-ring (bicyclic) bond motifs is 1. The Kier molecular flexibility index (Phi) is 8.14. The van der Waals surface area contributed by atoms with E-state index in [-0.39, 0.29) is 10.8 Å². The zero-order valence-electron chi connectivity index (χ0n) is 21.8. The average molecular weight is 529 g/mol. The summed E-state index contributed by atoms with van der Waals surface area (Å²) in [5.41, 5.74) is 2.48. The van der Waals surface area contributed by atoms with E-state index in [1.54, 1.807) is 33.5 Å². The normalized spacial score (nSPS) is 19.2. The number of anilines is 1. The molecule has 0 spiro atoms. The van der Waals surface area contributed by atoms with Crippen LogP contribution in [0.3, 0.4) is 0 Å². The summed E-state index contributed by atoms with van der Waals surface area (Å²) in [6.45, 7) is 8.66. The van der Waals surface area contributed by atoms with Gasteiger partial charge in [-0.15, -0.1) is 0 Å². The molecule has 2 heterocycles. The van der Waals surface area contributed by atoms with Gasteiger partial charge in [-0.1, -0.05) is 31.3 Å². The molecule has 1 fully saturated rings. The Hall–Kier alpha value is -2.33. The first-order chi connectivity index (χ1) is 17.0. The fourth-order valence-corrected chi connectivity index (χ4v) is 7.61. The Morgan fingerprint density at radius 2 is 1.72 bits per heavy atom. The average Bonchev–Trinajstić information content (AvgIpc) is 3.23. The molecule has 7 nitrogen and oxygen atoms in total. The molecular weight excluding hydrogens is 492 g/mol. The minimum Gasteiger partial charge on any atom is -0.309 e. The van der Waals surface area contributed by atoms with Gasteiger partial charge in [-0.3, -0.25) is 9.69 Å². The van der Waals surface area contributed by atoms with Crippen molar-refractivity contribution in [2.24, 2.45) is 11.8 Å². The molecule has 1 aromatic heterocycles. The molecule has 0 N–H and O–H groups in total. The number of hydrogen-bond donors (Lipinski definition) is 0. The first-order valence-corrected chi connectivity index (χ1v) is 14.7. The number of thiazole rings is 1. The Labute approximate surface area is 218 Å². The van der Waals surface area contributed by atoms with Gasteiger partial charge in [-0.25, -0.2) is 13.4 Å². The van der Waals surface area contributed by atoms with E-state index < -0.39 is 10.0 Å². The van der Waals surface area contributed by atoms with Gasteiger partial charge in [-0.05, 0) is 94.2 Å². The molecule has 2 atom stereocenters. The molecule has 3 aromatic rings. The van der Waals surface area contributed by atoms with E-state index in [0.717, 1.165) is 35.2 Å². The second-order valence-corrected chi connectivity index (χ2v) is 13.3. The maximum Gasteiger partial charge on any atom is 0.260 e. The van der Waals surface area contributed by atoms with E-state index in [1.807, 2.05) is 33.2 Å². The maximum absolute atomic E-state index is 13.6. The van der Waals surface area contributed by atoms with Crippen LogP contribution >= 0.6 is 11.3 Å². The van der Waals surface area contributed by atoms with Crippen LogP contribution in [0.1, 0.15) is 42.6 Å². The molecule has 36 heavy (non-hydrogen) atoms. The number of carbonyl (C=O) groups is 1. The van der Waals surface area contributed by atoms with Gasteiger partial charge in [-0.2, -0.15) is 4.31 Å². The van der Waals surface area contributed by atoms with Gasteiger partial charge in [0.25, 0.3) is 5.91 Å². The number of carbonyl (C=O) groups excluding carboxylic acids is 1. The molecule has 2 unspecified atom stereocenters. The van der Waals surface area contributed by atoms with Crippen molar-refractivity contribution in [1.82, 2.24) is 14.2 Å². The van der Waals surface area contributed by atoms with Crippen molar-refractivity contribution in [3.63, 3.8) is 0 Å². The van der Waals surface area contributed by atoms with Crippen molar-refractivity contribution in [2.45, 2.75) is 38.5 Å². The highest BCUT2D eigenvalue weighted by molar-refractivity contribution is 7.89. The van der Waals surface area contributed by atoms with Gasteiger partial charge >= 0.3 is 0 Å². The van der Waals surface area contributed by atoms with Crippen molar-refractivity contribution in [1.29, 1.82) is 0 Å². The minimum atomic E-state index is -3.60. The number of rotatable bonds is 8. The summed E-state index contributed by atoms with van der Waals surface area (Å²) in [7, 11) is 0.424. The predicted octanol–water partition coefficient (Wildman–Crippen LogP) is 4.87. The quantitative estimate of drug-likeness (QED) is 0.417. The third-order valence-corrected chi connectivity index (χ3v) is 9.46. The lowest BCUT2D eigenvalue weighted by molar-refractivity contribution is 0.0986. The number of benzene rings is 2. The summed E-state index contributed by atoms with van der Waals surface area (Å²) in [6.07, 6.45) is 1.83. The van der Waals surface area contributed by atoms with Crippen LogP contribution in [-0.2, 0) is 10.0 Å². The Balaban J connectivity index is 1.59. The van der Waals surface area contributed by atoms with E-state index in [4.69, 9.17) is 4.98 Å². The van der Waals surface area contributed by atoms with E-state index in [1.165, 1.54) is 11.3 Å². The van der Waals surface area contributed by atoms with Crippen LogP contribution in [0.15, 0.2) is 47.4 Å². The fraction of sp³-hybridized carbons (Fsp3) is 0.481. The summed E-state index contributed by atoms with van der Waals surface area (Å²) >= 11 is 1.51. The highest BCUT2D eigenvalue weighted by Gasteiger charge is 2.32. The molecule has 0 aliphatic carbocycles. The standard InChI is InChI=1S/C27H36N4O3S2/c1-19-7-12-24-25(16-19)35-27(28-24)31(14-6-13-29(4)5)26(32)22-8-10-23(11-9-22)36(33,34)30-17-20(2)15-21(3)18-30/h7-12,16,20-21H,6,13-15,17-18H2,1-5H3. The fourth-order valence-electron chi connectivity index (χ4n) is 4.84. The monoisotopic (exact) mass is 528 g/mol. The number of piperidine rings is 1. The van der Waals surface area contributed by atoms with Gasteiger partial charge in [0.1, 0.15) is 0 Å². The Morgan fingerprint density at radius 3 is 2.36 bits per heavy atom. The van der Waals surface area contributed by atoms with Crippen LogP contribution in [0, 0.1) is 18.8 Å². The second kappa shape index (κ2) is 11.0. The van der Waals surface area contributed by atoms with Crippen molar-refractivity contribution < 1.29 is 13.2 Å². The second-order valence-electron chi connectivity index (χ2n) is 10.4. The zero-order chi connectivity index (χ0) is 26.0. The van der Waals surface area contributed by atoms with E-state index in [0.29, 0.717) is 42.2 Å². The molecule has 0 radical (unpaired) electrons. The van der Waals surface area contributed by atoms with E-state index in [9.17, 15) is 13.2 Å². The molecule has 1 aliphatic rings. The van der Waals surface area contributed by atoms with E-state index in [2.05, 4.69) is 24.8 Å². The molecule has 2 aromatic carbocycles. The first-order valence-electron chi connectivity index (χ1n) is 12.5. The molecule has 0 bridgehead atoms. The number of amides is 1. The number of hydrogen-bond acceptors (Lipinski definition) is 6. The predicted molar refractivity (Wildman–Crippen MR) is 147 cm³/mol. The third-order valence-electron chi connectivity index (χ3n) is 6.57. The highest BCUT2D eigenvalue weighted by atomic mass is 32.2. The molecule has 4 rings (SSSR count). The van der Waals surface area contributed by atoms with Crippen LogP contribution in [0.5, 0.6) is 0 Å². The number of aryl methyl sites for hydroxylation is 1. The van der Waals surface area contributed by atoms with Crippen LogP contribution < -0.4 is 4.90 Å². The van der Waals surface area contributed by atoms with Crippen molar-refractivity contribution in [3.05, 3.63) is 53.6 Å². The smallest absolute Gasteiger partial charge is 0.260 e. The van der Waals surface area contributed by atoms with Crippen molar-refractivity contribution in [2.75, 3.05) is 45.2 Å².